The first-order chi connectivity index (χ1) is 13.6. The van der Waals surface area contributed by atoms with Crippen LogP contribution in [0.15, 0.2) is 35.1 Å². The number of rotatable bonds is 4. The SMILES string of the molecule is CCc1cc(C(=O)N2CCC[C@@]3(CCC(=O)N(Cc4cccnc4)C3)C2)no1. The van der Waals surface area contributed by atoms with E-state index in [9.17, 15) is 9.59 Å². The van der Waals surface area contributed by atoms with Gasteiger partial charge in [0.2, 0.25) is 5.91 Å². The van der Waals surface area contributed by atoms with E-state index >= 15 is 0 Å². The highest BCUT2D eigenvalue weighted by Crippen LogP contribution is 2.39. The number of aromatic nitrogens is 2. The number of nitrogens with zero attached hydrogens (tertiary/aromatic N) is 4. The summed E-state index contributed by atoms with van der Waals surface area (Å²) in [6.45, 7) is 4.62. The summed E-state index contributed by atoms with van der Waals surface area (Å²) in [6.07, 6.45) is 7.61. The molecule has 2 aliphatic rings. The molecule has 7 nitrogen and oxygen atoms in total. The molecule has 1 atom stereocenters. The Hall–Kier alpha value is -2.70. The summed E-state index contributed by atoms with van der Waals surface area (Å²) >= 11 is 0. The molecule has 0 aromatic carbocycles. The molecule has 0 bridgehead atoms. The standard InChI is InChI=1S/C21H26N4O3/c1-2-17-11-18(23-28-17)20(27)24-10-4-7-21(14-24)8-6-19(26)25(15-21)13-16-5-3-9-22-12-16/h3,5,9,11-12H,2,4,6-8,10,13-15H2,1H3/t21-/m1/s1. The minimum Gasteiger partial charge on any atom is -0.361 e. The molecule has 0 saturated carbocycles. The molecule has 2 aliphatic heterocycles. The second kappa shape index (κ2) is 7.73. The van der Waals surface area contributed by atoms with Crippen molar-refractivity contribution in [3.8, 4) is 0 Å². The van der Waals surface area contributed by atoms with Crippen LogP contribution in [-0.4, -0.2) is 51.4 Å². The lowest BCUT2D eigenvalue weighted by Gasteiger charge is -2.48. The van der Waals surface area contributed by atoms with Crippen LogP contribution in [0, 0.1) is 5.41 Å². The molecule has 0 unspecified atom stereocenters. The third-order valence-corrected chi connectivity index (χ3v) is 5.92. The van der Waals surface area contributed by atoms with Crippen LogP contribution in [-0.2, 0) is 17.8 Å². The maximum Gasteiger partial charge on any atom is 0.276 e. The molecular formula is C21H26N4O3. The minimum absolute atomic E-state index is 0.0403. The Bertz CT molecular complexity index is 850. The summed E-state index contributed by atoms with van der Waals surface area (Å²) in [5, 5.41) is 3.94. The highest BCUT2D eigenvalue weighted by Gasteiger charge is 2.43. The summed E-state index contributed by atoms with van der Waals surface area (Å²) in [6, 6.07) is 5.62. The van der Waals surface area contributed by atoms with Gasteiger partial charge < -0.3 is 14.3 Å². The zero-order valence-corrected chi connectivity index (χ0v) is 16.3. The summed E-state index contributed by atoms with van der Waals surface area (Å²) < 4.78 is 5.20. The van der Waals surface area contributed by atoms with Gasteiger partial charge >= 0.3 is 0 Å². The van der Waals surface area contributed by atoms with Crippen LogP contribution in [0.25, 0.3) is 0 Å². The van der Waals surface area contributed by atoms with Gasteiger partial charge in [0.1, 0.15) is 5.76 Å². The number of hydrogen-bond donors (Lipinski definition) is 0. The summed E-state index contributed by atoms with van der Waals surface area (Å²) in [7, 11) is 0. The quantitative estimate of drug-likeness (QED) is 0.812. The number of carbonyl (C=O) groups is 2. The monoisotopic (exact) mass is 382 g/mol. The van der Waals surface area contributed by atoms with Crippen molar-refractivity contribution in [1.29, 1.82) is 0 Å². The number of carbonyl (C=O) groups excluding carboxylic acids is 2. The van der Waals surface area contributed by atoms with E-state index in [1.807, 2.05) is 28.9 Å². The smallest absolute Gasteiger partial charge is 0.276 e. The normalized spacial score (nSPS) is 22.7. The molecule has 2 aromatic heterocycles. The lowest BCUT2D eigenvalue weighted by molar-refractivity contribution is -0.139. The number of pyridine rings is 1. The number of likely N-dealkylation sites (tertiary alicyclic amines) is 2. The number of piperidine rings is 2. The maximum atomic E-state index is 12.9. The zero-order valence-electron chi connectivity index (χ0n) is 16.3. The number of aryl methyl sites for hydroxylation is 1. The molecule has 0 N–H and O–H groups in total. The zero-order chi connectivity index (χ0) is 19.6. The van der Waals surface area contributed by atoms with Crippen LogP contribution in [0.4, 0.5) is 0 Å². The molecule has 148 valence electrons. The van der Waals surface area contributed by atoms with Crippen molar-refractivity contribution in [1.82, 2.24) is 19.9 Å². The van der Waals surface area contributed by atoms with Gasteiger partial charge in [-0.05, 0) is 30.9 Å². The number of hydrogen-bond acceptors (Lipinski definition) is 5. The van der Waals surface area contributed by atoms with Gasteiger partial charge in [-0.1, -0.05) is 18.1 Å². The predicted octanol–water partition coefficient (Wildman–Crippen LogP) is 2.68. The van der Waals surface area contributed by atoms with Crippen molar-refractivity contribution < 1.29 is 14.1 Å². The summed E-state index contributed by atoms with van der Waals surface area (Å²) in [5.41, 5.74) is 1.38. The largest absolute Gasteiger partial charge is 0.361 e. The Morgan fingerprint density at radius 3 is 2.96 bits per heavy atom. The first-order valence-electron chi connectivity index (χ1n) is 10.0. The average molecular weight is 382 g/mol. The van der Waals surface area contributed by atoms with Gasteiger partial charge in [0.15, 0.2) is 5.69 Å². The Labute approximate surface area is 164 Å². The first kappa shape index (κ1) is 18.7. The first-order valence-corrected chi connectivity index (χ1v) is 10.0. The molecule has 1 spiro atoms. The van der Waals surface area contributed by atoms with Crippen molar-refractivity contribution in [2.45, 2.75) is 45.6 Å². The third-order valence-electron chi connectivity index (χ3n) is 5.92. The molecule has 4 rings (SSSR count). The second-order valence-corrected chi connectivity index (χ2v) is 7.97. The molecule has 0 aliphatic carbocycles. The topological polar surface area (TPSA) is 79.5 Å². The molecule has 7 heteroatoms. The van der Waals surface area contributed by atoms with E-state index in [1.54, 1.807) is 18.5 Å². The lowest BCUT2D eigenvalue weighted by atomic mass is 9.73. The third kappa shape index (κ3) is 3.79. The van der Waals surface area contributed by atoms with Crippen molar-refractivity contribution >= 4 is 11.8 Å². The van der Waals surface area contributed by atoms with Gasteiger partial charge in [-0.2, -0.15) is 0 Å². The Morgan fingerprint density at radius 2 is 2.21 bits per heavy atom. The van der Waals surface area contributed by atoms with Crippen LogP contribution in [0.5, 0.6) is 0 Å². The van der Waals surface area contributed by atoms with E-state index in [4.69, 9.17) is 4.52 Å². The Kier molecular flexibility index (Phi) is 5.15. The average Bonchev–Trinajstić information content (AvgIpc) is 3.21. The highest BCUT2D eigenvalue weighted by atomic mass is 16.5. The molecule has 4 heterocycles. The lowest BCUT2D eigenvalue weighted by Crippen LogP contribution is -2.54. The molecule has 2 saturated heterocycles. The maximum absolute atomic E-state index is 12.9. The fraction of sp³-hybridized carbons (Fsp3) is 0.524. The van der Waals surface area contributed by atoms with Crippen LogP contribution in [0.3, 0.4) is 0 Å². The van der Waals surface area contributed by atoms with Gasteiger partial charge in [0, 0.05) is 62.9 Å². The Balaban J connectivity index is 1.47. The van der Waals surface area contributed by atoms with Gasteiger partial charge in [-0.15, -0.1) is 0 Å². The molecule has 0 radical (unpaired) electrons. The fourth-order valence-electron chi connectivity index (χ4n) is 4.42. The van der Waals surface area contributed by atoms with Crippen molar-refractivity contribution in [2.24, 2.45) is 5.41 Å². The van der Waals surface area contributed by atoms with Gasteiger partial charge in [-0.3, -0.25) is 14.6 Å². The van der Waals surface area contributed by atoms with Gasteiger partial charge in [-0.25, -0.2) is 0 Å². The van der Waals surface area contributed by atoms with Crippen LogP contribution < -0.4 is 0 Å². The molecule has 2 aromatic rings. The van der Waals surface area contributed by atoms with Gasteiger partial charge in [0.25, 0.3) is 5.91 Å². The fourth-order valence-corrected chi connectivity index (χ4v) is 4.42. The van der Waals surface area contributed by atoms with Crippen LogP contribution >= 0.6 is 0 Å². The molecule has 2 amide bonds. The van der Waals surface area contributed by atoms with E-state index < -0.39 is 0 Å². The van der Waals surface area contributed by atoms with E-state index in [0.29, 0.717) is 31.7 Å². The molecular weight excluding hydrogens is 356 g/mol. The van der Waals surface area contributed by atoms with Gasteiger partial charge in [0.05, 0.1) is 0 Å². The van der Waals surface area contributed by atoms with E-state index in [0.717, 1.165) is 43.6 Å². The molecule has 2 fully saturated rings. The minimum atomic E-state index is -0.0711. The van der Waals surface area contributed by atoms with E-state index in [2.05, 4.69) is 10.1 Å². The predicted molar refractivity (Wildman–Crippen MR) is 102 cm³/mol. The van der Waals surface area contributed by atoms with Crippen molar-refractivity contribution in [2.75, 3.05) is 19.6 Å². The van der Waals surface area contributed by atoms with Crippen LogP contribution in [0.2, 0.25) is 0 Å². The highest BCUT2D eigenvalue weighted by molar-refractivity contribution is 5.92. The van der Waals surface area contributed by atoms with Crippen molar-refractivity contribution in [3.05, 3.63) is 47.6 Å². The number of amides is 2. The van der Waals surface area contributed by atoms with E-state index in [-0.39, 0.29) is 17.2 Å². The Morgan fingerprint density at radius 1 is 1.32 bits per heavy atom. The molecule has 28 heavy (non-hydrogen) atoms. The van der Waals surface area contributed by atoms with Crippen LogP contribution in [0.1, 0.15) is 54.4 Å². The summed E-state index contributed by atoms with van der Waals surface area (Å²) in [4.78, 5) is 33.4. The second-order valence-electron chi connectivity index (χ2n) is 7.97. The summed E-state index contributed by atoms with van der Waals surface area (Å²) in [5.74, 6) is 0.834. The van der Waals surface area contributed by atoms with E-state index in [1.165, 1.54) is 0 Å². The van der Waals surface area contributed by atoms with Crippen molar-refractivity contribution in [3.63, 3.8) is 0 Å².